The maximum atomic E-state index is 12.3. The number of para-hydroxylation sites is 1. The number of piperazine rings is 1. The van der Waals surface area contributed by atoms with Crippen LogP contribution in [-0.4, -0.2) is 54.3 Å². The first-order valence-corrected chi connectivity index (χ1v) is 9.27. The summed E-state index contributed by atoms with van der Waals surface area (Å²) in [6.07, 6.45) is 0. The Morgan fingerprint density at radius 2 is 1.59 bits per heavy atom. The number of primary amides is 1. The molecule has 7 heteroatoms. The van der Waals surface area contributed by atoms with Crippen LogP contribution in [0.4, 0.5) is 5.69 Å². The summed E-state index contributed by atoms with van der Waals surface area (Å²) in [4.78, 5) is 28.2. The number of amides is 2. The summed E-state index contributed by atoms with van der Waals surface area (Å²) in [5.41, 5.74) is 7.35. The number of benzene rings is 2. The molecule has 2 aromatic rings. The Kier molecular flexibility index (Phi) is 6.45. The average Bonchev–Trinajstić information content (AvgIpc) is 2.65. The van der Waals surface area contributed by atoms with Crippen molar-refractivity contribution in [2.24, 2.45) is 5.73 Å². The summed E-state index contributed by atoms with van der Waals surface area (Å²) in [6, 6.07) is 14.7. The smallest absolute Gasteiger partial charge is 0.250 e. The Labute approximate surface area is 163 Å². The fourth-order valence-electron chi connectivity index (χ4n) is 3.15. The van der Waals surface area contributed by atoms with E-state index in [-0.39, 0.29) is 5.91 Å². The van der Waals surface area contributed by atoms with Gasteiger partial charge in [-0.05, 0) is 29.8 Å². The Bertz CT molecular complexity index is 802. The van der Waals surface area contributed by atoms with E-state index in [4.69, 9.17) is 17.3 Å². The lowest BCUT2D eigenvalue weighted by Gasteiger charge is -2.34. The third kappa shape index (κ3) is 5.53. The van der Waals surface area contributed by atoms with Crippen molar-refractivity contribution in [3.05, 3.63) is 64.7 Å². The quantitative estimate of drug-likeness (QED) is 0.797. The van der Waals surface area contributed by atoms with Gasteiger partial charge in [-0.15, -0.1) is 0 Å². The number of nitrogens with zero attached hydrogens (tertiary/aromatic N) is 2. The lowest BCUT2D eigenvalue weighted by molar-refractivity contribution is -0.117. The maximum Gasteiger partial charge on any atom is 0.250 e. The Morgan fingerprint density at radius 3 is 2.26 bits per heavy atom. The molecule has 0 aliphatic carbocycles. The van der Waals surface area contributed by atoms with Gasteiger partial charge in [-0.2, -0.15) is 0 Å². The summed E-state index contributed by atoms with van der Waals surface area (Å²) in [6.45, 7) is 4.60. The molecule has 3 rings (SSSR count). The molecule has 0 spiro atoms. The lowest BCUT2D eigenvalue weighted by atomic mass is 10.1. The zero-order valence-corrected chi connectivity index (χ0v) is 15.8. The highest BCUT2D eigenvalue weighted by atomic mass is 35.5. The number of hydrogen-bond donors (Lipinski definition) is 2. The van der Waals surface area contributed by atoms with E-state index in [9.17, 15) is 9.59 Å². The molecule has 27 heavy (non-hydrogen) atoms. The largest absolute Gasteiger partial charge is 0.366 e. The molecular weight excluding hydrogens is 364 g/mol. The Morgan fingerprint density at radius 1 is 0.963 bits per heavy atom. The summed E-state index contributed by atoms with van der Waals surface area (Å²) in [5.74, 6) is -0.698. The van der Waals surface area contributed by atoms with Crippen LogP contribution in [0.15, 0.2) is 48.5 Å². The predicted molar refractivity (Wildman–Crippen MR) is 107 cm³/mol. The summed E-state index contributed by atoms with van der Waals surface area (Å²) >= 11 is 5.92. The van der Waals surface area contributed by atoms with E-state index >= 15 is 0 Å². The fraction of sp³-hybridized carbons (Fsp3) is 0.300. The van der Waals surface area contributed by atoms with Gasteiger partial charge in [0.25, 0.3) is 5.91 Å². The number of rotatable bonds is 6. The third-order valence-corrected chi connectivity index (χ3v) is 4.87. The molecule has 1 aliphatic heterocycles. The van der Waals surface area contributed by atoms with Crippen LogP contribution in [0.25, 0.3) is 0 Å². The average molecular weight is 387 g/mol. The van der Waals surface area contributed by atoms with Crippen LogP contribution in [0.1, 0.15) is 15.9 Å². The molecule has 1 fully saturated rings. The molecule has 0 bridgehead atoms. The van der Waals surface area contributed by atoms with E-state index in [0.717, 1.165) is 37.7 Å². The molecule has 3 N–H and O–H groups in total. The van der Waals surface area contributed by atoms with Crippen LogP contribution in [0.2, 0.25) is 5.02 Å². The number of carbonyl (C=O) groups is 2. The Balaban J connectivity index is 1.47. The van der Waals surface area contributed by atoms with Crippen molar-refractivity contribution >= 4 is 29.1 Å². The molecular formula is C20H23ClN4O2. The normalized spacial score (nSPS) is 15.4. The van der Waals surface area contributed by atoms with Gasteiger partial charge in [0.1, 0.15) is 0 Å². The number of nitrogens with two attached hydrogens (primary N) is 1. The fourth-order valence-corrected chi connectivity index (χ4v) is 3.28. The molecule has 2 aromatic carbocycles. The van der Waals surface area contributed by atoms with Gasteiger partial charge in [0.15, 0.2) is 0 Å². The van der Waals surface area contributed by atoms with E-state index in [1.807, 2.05) is 24.3 Å². The van der Waals surface area contributed by atoms with Crippen molar-refractivity contribution < 1.29 is 9.59 Å². The van der Waals surface area contributed by atoms with Crippen LogP contribution in [0, 0.1) is 0 Å². The molecule has 1 heterocycles. The van der Waals surface area contributed by atoms with Gasteiger partial charge >= 0.3 is 0 Å². The van der Waals surface area contributed by atoms with Crippen LogP contribution in [-0.2, 0) is 11.3 Å². The molecule has 1 aliphatic rings. The van der Waals surface area contributed by atoms with Crippen LogP contribution >= 0.6 is 11.6 Å². The molecule has 2 amide bonds. The minimum Gasteiger partial charge on any atom is -0.366 e. The van der Waals surface area contributed by atoms with Gasteiger partial charge in [0, 0.05) is 37.7 Å². The van der Waals surface area contributed by atoms with E-state index in [1.165, 1.54) is 5.56 Å². The standard InChI is InChI=1S/C20H23ClN4O2/c21-16-7-5-15(6-8-16)13-24-9-11-25(12-10-24)14-19(26)23-18-4-2-1-3-17(18)20(22)27/h1-8H,9-14H2,(H2,22,27)(H,23,26). The summed E-state index contributed by atoms with van der Waals surface area (Å²) < 4.78 is 0. The van der Waals surface area contributed by atoms with Crippen LogP contribution in [0.3, 0.4) is 0 Å². The molecule has 0 radical (unpaired) electrons. The van der Waals surface area contributed by atoms with Crippen LogP contribution < -0.4 is 11.1 Å². The van der Waals surface area contributed by atoms with Crippen molar-refractivity contribution in [2.75, 3.05) is 38.0 Å². The van der Waals surface area contributed by atoms with Crippen LogP contribution in [0.5, 0.6) is 0 Å². The van der Waals surface area contributed by atoms with Crippen molar-refractivity contribution in [3.63, 3.8) is 0 Å². The van der Waals surface area contributed by atoms with E-state index in [0.29, 0.717) is 17.8 Å². The molecule has 0 unspecified atom stereocenters. The van der Waals surface area contributed by atoms with E-state index in [1.54, 1.807) is 24.3 Å². The molecule has 0 aromatic heterocycles. The van der Waals surface area contributed by atoms with Crippen molar-refractivity contribution in [2.45, 2.75) is 6.54 Å². The molecule has 6 nitrogen and oxygen atoms in total. The zero-order chi connectivity index (χ0) is 19.2. The first-order chi connectivity index (χ1) is 13.0. The van der Waals surface area contributed by atoms with Gasteiger partial charge in [0.05, 0.1) is 17.8 Å². The van der Waals surface area contributed by atoms with Gasteiger partial charge in [0.2, 0.25) is 5.91 Å². The van der Waals surface area contributed by atoms with Crippen molar-refractivity contribution in [3.8, 4) is 0 Å². The van der Waals surface area contributed by atoms with E-state index < -0.39 is 5.91 Å². The number of halogens is 1. The highest BCUT2D eigenvalue weighted by Gasteiger charge is 2.19. The highest BCUT2D eigenvalue weighted by Crippen LogP contribution is 2.15. The minimum absolute atomic E-state index is 0.144. The SMILES string of the molecule is NC(=O)c1ccccc1NC(=O)CN1CCN(Cc2ccc(Cl)cc2)CC1. The number of anilines is 1. The zero-order valence-electron chi connectivity index (χ0n) is 15.0. The van der Waals surface area contributed by atoms with Gasteiger partial charge in [-0.25, -0.2) is 0 Å². The topological polar surface area (TPSA) is 78.7 Å². The second kappa shape index (κ2) is 8.99. The van der Waals surface area contributed by atoms with Gasteiger partial charge in [-0.1, -0.05) is 35.9 Å². The second-order valence-electron chi connectivity index (χ2n) is 6.64. The predicted octanol–water partition coefficient (Wildman–Crippen LogP) is 2.20. The maximum absolute atomic E-state index is 12.3. The third-order valence-electron chi connectivity index (χ3n) is 4.62. The summed E-state index contributed by atoms with van der Waals surface area (Å²) in [7, 11) is 0. The monoisotopic (exact) mass is 386 g/mol. The second-order valence-corrected chi connectivity index (χ2v) is 7.07. The Hall–Kier alpha value is -2.41. The summed E-state index contributed by atoms with van der Waals surface area (Å²) in [5, 5.41) is 3.53. The highest BCUT2D eigenvalue weighted by molar-refractivity contribution is 6.30. The molecule has 0 atom stereocenters. The first-order valence-electron chi connectivity index (χ1n) is 8.89. The minimum atomic E-state index is -0.554. The van der Waals surface area contributed by atoms with Crippen molar-refractivity contribution in [1.29, 1.82) is 0 Å². The van der Waals surface area contributed by atoms with Gasteiger partial charge < -0.3 is 11.1 Å². The molecule has 142 valence electrons. The molecule has 0 saturated carbocycles. The number of carbonyl (C=O) groups excluding carboxylic acids is 2. The van der Waals surface area contributed by atoms with Crippen molar-refractivity contribution in [1.82, 2.24) is 9.80 Å². The lowest BCUT2D eigenvalue weighted by Crippen LogP contribution is -2.48. The molecule has 1 saturated heterocycles. The van der Waals surface area contributed by atoms with Gasteiger partial charge in [-0.3, -0.25) is 19.4 Å². The first kappa shape index (κ1) is 19.4. The number of hydrogen-bond acceptors (Lipinski definition) is 4. The van der Waals surface area contributed by atoms with E-state index in [2.05, 4.69) is 15.1 Å². The number of nitrogens with one attached hydrogen (secondary N) is 1.